The van der Waals surface area contributed by atoms with E-state index in [2.05, 4.69) is 15.4 Å². The molecule has 2 aromatic rings. The fourth-order valence-electron chi connectivity index (χ4n) is 1.57. The molecule has 5 nitrogen and oxygen atoms in total. The number of amides is 1. The summed E-state index contributed by atoms with van der Waals surface area (Å²) in [5, 5.41) is 0.805. The van der Waals surface area contributed by atoms with Gasteiger partial charge in [-0.3, -0.25) is 15.2 Å². The summed E-state index contributed by atoms with van der Waals surface area (Å²) in [6, 6.07) is 3.74. The maximum atomic E-state index is 11.7. The van der Waals surface area contributed by atoms with E-state index in [4.69, 9.17) is 5.84 Å². The number of hydrazine groups is 1. The van der Waals surface area contributed by atoms with Gasteiger partial charge in [-0.25, -0.2) is 10.8 Å². The molecule has 6 heteroatoms. The van der Waals surface area contributed by atoms with Crippen molar-refractivity contribution >= 4 is 17.2 Å². The molecule has 0 aromatic carbocycles. The molecule has 0 fully saturated rings. The number of hydrogen-bond donors (Lipinski definition) is 2. The fraction of sp³-hybridized carbons (Fsp3) is 0.250. The van der Waals surface area contributed by atoms with Crippen LogP contribution in [0.5, 0.6) is 0 Å². The number of carbonyl (C=O) groups is 1. The lowest BCUT2D eigenvalue weighted by atomic mass is 10.1. The van der Waals surface area contributed by atoms with Crippen LogP contribution in [0.15, 0.2) is 24.5 Å². The first-order valence-corrected chi connectivity index (χ1v) is 6.37. The normalized spacial score (nSPS) is 10.7. The summed E-state index contributed by atoms with van der Waals surface area (Å²) < 4.78 is 0. The summed E-state index contributed by atoms with van der Waals surface area (Å²) >= 11 is 1.34. The molecule has 0 aliphatic rings. The first-order valence-electron chi connectivity index (χ1n) is 5.55. The van der Waals surface area contributed by atoms with Crippen molar-refractivity contribution in [1.82, 2.24) is 15.4 Å². The van der Waals surface area contributed by atoms with Crippen molar-refractivity contribution in [3.05, 3.63) is 35.1 Å². The largest absolute Gasteiger partial charge is 0.289 e. The van der Waals surface area contributed by atoms with E-state index in [-0.39, 0.29) is 11.8 Å². The molecule has 0 aliphatic heterocycles. The van der Waals surface area contributed by atoms with Crippen molar-refractivity contribution in [3.63, 3.8) is 0 Å². The Kier molecular flexibility index (Phi) is 3.69. The predicted molar refractivity (Wildman–Crippen MR) is 71.1 cm³/mol. The number of aromatic nitrogens is 2. The Bertz CT molecular complexity index is 550. The summed E-state index contributed by atoms with van der Waals surface area (Å²) in [5.74, 6) is 5.07. The van der Waals surface area contributed by atoms with E-state index in [9.17, 15) is 4.79 Å². The number of hydrogen-bond acceptors (Lipinski definition) is 5. The zero-order chi connectivity index (χ0) is 13.1. The molecular formula is C12H14N4OS. The summed E-state index contributed by atoms with van der Waals surface area (Å²) in [7, 11) is 0. The van der Waals surface area contributed by atoms with Crippen LogP contribution in [0.4, 0.5) is 0 Å². The van der Waals surface area contributed by atoms with Gasteiger partial charge in [-0.15, -0.1) is 11.3 Å². The topological polar surface area (TPSA) is 80.9 Å². The molecule has 0 aliphatic carbocycles. The second-order valence-electron chi connectivity index (χ2n) is 4.10. The Morgan fingerprint density at radius 2 is 2.06 bits per heavy atom. The summed E-state index contributed by atoms with van der Waals surface area (Å²) in [6.45, 7) is 4.00. The van der Waals surface area contributed by atoms with E-state index in [1.807, 2.05) is 26.0 Å². The molecule has 0 saturated heterocycles. The van der Waals surface area contributed by atoms with Gasteiger partial charge >= 0.3 is 0 Å². The van der Waals surface area contributed by atoms with Crippen LogP contribution in [0.1, 0.15) is 35.1 Å². The van der Waals surface area contributed by atoms with E-state index in [1.54, 1.807) is 12.4 Å². The summed E-state index contributed by atoms with van der Waals surface area (Å²) in [4.78, 5) is 20.8. The van der Waals surface area contributed by atoms with Crippen molar-refractivity contribution < 1.29 is 4.79 Å². The van der Waals surface area contributed by atoms with E-state index in [1.165, 1.54) is 11.3 Å². The van der Waals surface area contributed by atoms with Gasteiger partial charge in [0.25, 0.3) is 5.91 Å². The quantitative estimate of drug-likeness (QED) is 0.503. The third-order valence-corrected chi connectivity index (χ3v) is 3.58. The zero-order valence-corrected chi connectivity index (χ0v) is 11.0. The summed E-state index contributed by atoms with van der Waals surface area (Å²) in [5.41, 5.74) is 3.89. The van der Waals surface area contributed by atoms with Crippen LogP contribution < -0.4 is 11.3 Å². The highest BCUT2D eigenvalue weighted by atomic mass is 32.1. The van der Waals surface area contributed by atoms with E-state index in [0.29, 0.717) is 4.88 Å². The average Bonchev–Trinajstić information content (AvgIpc) is 2.84. The number of rotatable bonds is 3. The Morgan fingerprint density at radius 1 is 1.39 bits per heavy atom. The lowest BCUT2D eigenvalue weighted by Crippen LogP contribution is -2.30. The number of nitrogens with two attached hydrogens (primary N) is 1. The van der Waals surface area contributed by atoms with Crippen molar-refractivity contribution in [2.45, 2.75) is 19.8 Å². The molecule has 3 N–H and O–H groups in total. The standard InChI is InChI=1S/C12H14N4OS/c1-7(2)9-10(11(17)16-13)18-12(15-9)8-3-5-14-6-4-8/h3-7H,13H2,1-2H3,(H,16,17). The molecule has 0 bridgehead atoms. The Labute approximate surface area is 109 Å². The molecule has 2 heterocycles. The lowest BCUT2D eigenvalue weighted by Gasteiger charge is -2.02. The van der Waals surface area contributed by atoms with Crippen LogP contribution in [0.3, 0.4) is 0 Å². The minimum absolute atomic E-state index is 0.170. The van der Waals surface area contributed by atoms with Gasteiger partial charge in [0.15, 0.2) is 0 Å². The minimum Gasteiger partial charge on any atom is -0.289 e. The van der Waals surface area contributed by atoms with Gasteiger partial charge in [0.05, 0.1) is 5.69 Å². The number of carbonyl (C=O) groups excluding carboxylic acids is 1. The molecule has 2 rings (SSSR count). The number of nitrogens with one attached hydrogen (secondary N) is 1. The smallest absolute Gasteiger partial charge is 0.277 e. The summed E-state index contributed by atoms with van der Waals surface area (Å²) in [6.07, 6.45) is 3.41. The third kappa shape index (κ3) is 2.39. The van der Waals surface area contributed by atoms with Gasteiger partial charge in [0.2, 0.25) is 0 Å². The highest BCUT2D eigenvalue weighted by Crippen LogP contribution is 2.31. The van der Waals surface area contributed by atoms with Crippen LogP contribution in [0.25, 0.3) is 10.6 Å². The minimum atomic E-state index is -0.295. The molecule has 18 heavy (non-hydrogen) atoms. The molecule has 0 atom stereocenters. The maximum Gasteiger partial charge on any atom is 0.277 e. The molecule has 2 aromatic heterocycles. The lowest BCUT2D eigenvalue weighted by molar-refractivity contribution is 0.0956. The van der Waals surface area contributed by atoms with Crippen molar-refractivity contribution in [1.29, 1.82) is 0 Å². The van der Waals surface area contributed by atoms with Crippen molar-refractivity contribution in [3.8, 4) is 10.6 Å². The Balaban J connectivity index is 2.49. The highest BCUT2D eigenvalue weighted by molar-refractivity contribution is 7.17. The molecular weight excluding hydrogens is 248 g/mol. The Morgan fingerprint density at radius 3 is 2.61 bits per heavy atom. The number of thiazole rings is 1. The molecule has 0 unspecified atom stereocenters. The first kappa shape index (κ1) is 12.7. The van der Waals surface area contributed by atoms with E-state index < -0.39 is 0 Å². The van der Waals surface area contributed by atoms with Gasteiger partial charge < -0.3 is 0 Å². The van der Waals surface area contributed by atoms with E-state index >= 15 is 0 Å². The number of pyridine rings is 1. The van der Waals surface area contributed by atoms with Gasteiger partial charge in [0, 0.05) is 18.0 Å². The second kappa shape index (κ2) is 5.24. The van der Waals surface area contributed by atoms with Gasteiger partial charge in [-0.1, -0.05) is 13.8 Å². The average molecular weight is 262 g/mol. The third-order valence-electron chi connectivity index (χ3n) is 2.46. The molecule has 0 radical (unpaired) electrons. The maximum absolute atomic E-state index is 11.7. The number of nitrogens with zero attached hydrogens (tertiary/aromatic N) is 2. The first-order chi connectivity index (χ1) is 8.63. The van der Waals surface area contributed by atoms with Crippen molar-refractivity contribution in [2.24, 2.45) is 5.84 Å². The van der Waals surface area contributed by atoms with Crippen LogP contribution >= 0.6 is 11.3 Å². The zero-order valence-electron chi connectivity index (χ0n) is 10.2. The van der Waals surface area contributed by atoms with Crippen LogP contribution in [0.2, 0.25) is 0 Å². The van der Waals surface area contributed by atoms with E-state index in [0.717, 1.165) is 16.3 Å². The van der Waals surface area contributed by atoms with Crippen LogP contribution in [-0.4, -0.2) is 15.9 Å². The van der Waals surface area contributed by atoms with Crippen LogP contribution in [0, 0.1) is 0 Å². The molecule has 0 spiro atoms. The molecule has 94 valence electrons. The van der Waals surface area contributed by atoms with Gasteiger partial charge in [-0.05, 0) is 18.1 Å². The number of nitrogen functional groups attached to an aromatic ring is 1. The van der Waals surface area contributed by atoms with Gasteiger partial charge in [0.1, 0.15) is 9.88 Å². The highest BCUT2D eigenvalue weighted by Gasteiger charge is 2.20. The molecule has 0 saturated carbocycles. The van der Waals surface area contributed by atoms with Crippen molar-refractivity contribution in [2.75, 3.05) is 0 Å². The molecule has 1 amide bonds. The predicted octanol–water partition coefficient (Wildman–Crippen LogP) is 1.93. The second-order valence-corrected chi connectivity index (χ2v) is 5.10. The fourth-order valence-corrected chi connectivity index (χ4v) is 2.70. The van der Waals surface area contributed by atoms with Gasteiger partial charge in [-0.2, -0.15) is 0 Å². The Hall–Kier alpha value is -1.79. The van der Waals surface area contributed by atoms with Crippen LogP contribution in [-0.2, 0) is 0 Å². The SMILES string of the molecule is CC(C)c1nc(-c2ccncc2)sc1C(=O)NN. The monoisotopic (exact) mass is 262 g/mol.